The van der Waals surface area contributed by atoms with E-state index in [1.807, 2.05) is 29.2 Å². The molecule has 4 aromatic rings. The van der Waals surface area contributed by atoms with Crippen LogP contribution >= 0.6 is 11.3 Å². The summed E-state index contributed by atoms with van der Waals surface area (Å²) in [6.45, 7) is 3.19. The van der Waals surface area contributed by atoms with E-state index < -0.39 is 0 Å². The number of nitrogens with two attached hydrogens (primary N) is 1. The van der Waals surface area contributed by atoms with Crippen molar-refractivity contribution in [3.8, 4) is 17.0 Å². The molecule has 0 aliphatic rings. The SMILES string of the molecule is Cc1cccnc1-c1cc(OCCCN)c2c(c1)c(Nc1nccs1)nn2C. The Labute approximate surface area is 167 Å². The topological polar surface area (TPSA) is 90.9 Å². The fourth-order valence-corrected chi connectivity index (χ4v) is 3.68. The molecule has 28 heavy (non-hydrogen) atoms. The summed E-state index contributed by atoms with van der Waals surface area (Å²) in [5.74, 6) is 1.51. The van der Waals surface area contributed by atoms with Gasteiger partial charge in [-0.15, -0.1) is 11.3 Å². The van der Waals surface area contributed by atoms with Crippen molar-refractivity contribution in [2.45, 2.75) is 13.3 Å². The van der Waals surface area contributed by atoms with E-state index in [4.69, 9.17) is 10.5 Å². The maximum absolute atomic E-state index is 6.08. The highest BCUT2D eigenvalue weighted by Crippen LogP contribution is 2.37. The lowest BCUT2D eigenvalue weighted by molar-refractivity contribution is 0.316. The van der Waals surface area contributed by atoms with Crippen LogP contribution in [0.2, 0.25) is 0 Å². The molecule has 0 unspecified atom stereocenters. The first-order valence-corrected chi connectivity index (χ1v) is 9.97. The van der Waals surface area contributed by atoms with Crippen LogP contribution in [0.15, 0.2) is 42.0 Å². The molecule has 0 bridgehead atoms. The first kappa shape index (κ1) is 18.4. The fourth-order valence-electron chi connectivity index (χ4n) is 3.15. The van der Waals surface area contributed by atoms with Gasteiger partial charge in [-0.3, -0.25) is 9.67 Å². The molecular formula is C20H22N6OS. The van der Waals surface area contributed by atoms with E-state index in [9.17, 15) is 0 Å². The molecule has 0 atom stereocenters. The van der Waals surface area contributed by atoms with Crippen molar-refractivity contribution in [1.29, 1.82) is 0 Å². The van der Waals surface area contributed by atoms with Crippen LogP contribution in [0.1, 0.15) is 12.0 Å². The summed E-state index contributed by atoms with van der Waals surface area (Å²) in [5.41, 5.74) is 9.58. The molecule has 3 heterocycles. The zero-order valence-corrected chi connectivity index (χ0v) is 16.7. The van der Waals surface area contributed by atoms with Gasteiger partial charge in [0.05, 0.1) is 12.3 Å². The molecule has 144 valence electrons. The second kappa shape index (κ2) is 7.95. The molecule has 0 spiro atoms. The van der Waals surface area contributed by atoms with Crippen LogP contribution in [-0.4, -0.2) is 32.9 Å². The number of thiazole rings is 1. The standard InChI is InChI=1S/C20H22N6OS/c1-13-5-3-7-22-17(13)14-11-15-18(16(12-14)27-9-4-6-21)26(2)25-19(15)24-20-23-8-10-28-20/h3,5,7-8,10-12H,4,6,9,21H2,1-2H3,(H,23,24,25). The number of anilines is 2. The molecule has 0 saturated carbocycles. The van der Waals surface area contributed by atoms with Gasteiger partial charge in [0.2, 0.25) is 0 Å². The molecule has 0 saturated heterocycles. The molecule has 0 fully saturated rings. The Morgan fingerprint density at radius 2 is 2.14 bits per heavy atom. The van der Waals surface area contributed by atoms with Gasteiger partial charge in [0.1, 0.15) is 11.3 Å². The van der Waals surface area contributed by atoms with E-state index in [0.29, 0.717) is 13.2 Å². The minimum atomic E-state index is 0.552. The van der Waals surface area contributed by atoms with Crippen molar-refractivity contribution in [1.82, 2.24) is 19.7 Å². The average molecular weight is 395 g/mol. The van der Waals surface area contributed by atoms with Crippen LogP contribution in [0.5, 0.6) is 5.75 Å². The Balaban J connectivity index is 1.87. The third-order valence-corrected chi connectivity index (χ3v) is 5.14. The lowest BCUT2D eigenvalue weighted by Gasteiger charge is -2.12. The summed E-state index contributed by atoms with van der Waals surface area (Å²) in [5, 5.41) is 11.7. The molecule has 3 N–H and O–H groups in total. The molecule has 7 nitrogen and oxygen atoms in total. The summed E-state index contributed by atoms with van der Waals surface area (Å²) in [6, 6.07) is 8.13. The molecule has 0 amide bonds. The number of nitrogens with zero attached hydrogens (tertiary/aromatic N) is 4. The molecule has 3 aromatic heterocycles. The Bertz CT molecular complexity index is 1090. The van der Waals surface area contributed by atoms with E-state index in [-0.39, 0.29) is 0 Å². The van der Waals surface area contributed by atoms with Crippen molar-refractivity contribution in [3.05, 3.63) is 47.6 Å². The molecule has 4 rings (SSSR count). The Morgan fingerprint density at radius 1 is 1.25 bits per heavy atom. The van der Waals surface area contributed by atoms with Gasteiger partial charge in [0.15, 0.2) is 10.9 Å². The van der Waals surface area contributed by atoms with Gasteiger partial charge in [-0.05, 0) is 43.7 Å². The van der Waals surface area contributed by atoms with Gasteiger partial charge < -0.3 is 15.8 Å². The summed E-state index contributed by atoms with van der Waals surface area (Å²) in [4.78, 5) is 8.88. The number of hydrogen-bond donors (Lipinski definition) is 2. The molecule has 8 heteroatoms. The van der Waals surface area contributed by atoms with Crippen LogP contribution in [0.4, 0.5) is 10.9 Å². The Kier molecular flexibility index (Phi) is 5.23. The number of rotatable bonds is 7. The third kappa shape index (κ3) is 3.56. The normalized spacial score (nSPS) is 11.1. The van der Waals surface area contributed by atoms with Crippen LogP contribution in [0.3, 0.4) is 0 Å². The summed E-state index contributed by atoms with van der Waals surface area (Å²) in [7, 11) is 1.91. The van der Waals surface area contributed by atoms with E-state index in [2.05, 4.69) is 39.4 Å². The average Bonchev–Trinajstić information content (AvgIpc) is 3.31. The number of ether oxygens (including phenoxy) is 1. The molecule has 0 aliphatic carbocycles. The quantitative estimate of drug-likeness (QED) is 0.462. The number of fused-ring (bicyclic) bond motifs is 1. The monoisotopic (exact) mass is 394 g/mol. The van der Waals surface area contributed by atoms with Gasteiger partial charge in [-0.25, -0.2) is 4.98 Å². The van der Waals surface area contributed by atoms with Crippen molar-refractivity contribution in [2.75, 3.05) is 18.5 Å². The van der Waals surface area contributed by atoms with E-state index in [1.54, 1.807) is 12.4 Å². The predicted octanol–water partition coefficient (Wildman–Crippen LogP) is 3.87. The molecule has 0 aliphatic heterocycles. The Hall–Kier alpha value is -2.97. The van der Waals surface area contributed by atoms with Gasteiger partial charge in [0.25, 0.3) is 0 Å². The summed E-state index contributed by atoms with van der Waals surface area (Å²) in [6.07, 6.45) is 4.36. The molecule has 1 aromatic carbocycles. The second-order valence-electron chi connectivity index (χ2n) is 6.46. The van der Waals surface area contributed by atoms with E-state index >= 15 is 0 Å². The van der Waals surface area contributed by atoms with Gasteiger partial charge in [0, 0.05) is 35.8 Å². The lowest BCUT2D eigenvalue weighted by atomic mass is 10.0. The van der Waals surface area contributed by atoms with Crippen molar-refractivity contribution < 1.29 is 4.74 Å². The molecule has 0 radical (unpaired) electrons. The van der Waals surface area contributed by atoms with Crippen LogP contribution < -0.4 is 15.8 Å². The Morgan fingerprint density at radius 3 is 2.89 bits per heavy atom. The zero-order chi connectivity index (χ0) is 19.5. The van der Waals surface area contributed by atoms with Crippen LogP contribution in [0.25, 0.3) is 22.2 Å². The van der Waals surface area contributed by atoms with Gasteiger partial charge in [-0.2, -0.15) is 5.10 Å². The number of pyridine rings is 1. The number of aryl methyl sites for hydroxylation is 2. The largest absolute Gasteiger partial charge is 0.491 e. The minimum Gasteiger partial charge on any atom is -0.491 e. The highest BCUT2D eigenvalue weighted by Gasteiger charge is 2.18. The van der Waals surface area contributed by atoms with Crippen LogP contribution in [-0.2, 0) is 7.05 Å². The first-order chi connectivity index (χ1) is 13.7. The number of nitrogens with one attached hydrogen (secondary N) is 1. The smallest absolute Gasteiger partial charge is 0.188 e. The van der Waals surface area contributed by atoms with Crippen molar-refractivity contribution >= 4 is 33.2 Å². The maximum atomic E-state index is 6.08. The molecular weight excluding hydrogens is 372 g/mol. The number of hydrogen-bond acceptors (Lipinski definition) is 7. The predicted molar refractivity (Wildman–Crippen MR) is 113 cm³/mol. The first-order valence-electron chi connectivity index (χ1n) is 9.09. The second-order valence-corrected chi connectivity index (χ2v) is 7.36. The fraction of sp³-hybridized carbons (Fsp3) is 0.250. The van der Waals surface area contributed by atoms with E-state index in [1.165, 1.54) is 11.3 Å². The van der Waals surface area contributed by atoms with Gasteiger partial charge >= 0.3 is 0 Å². The summed E-state index contributed by atoms with van der Waals surface area (Å²) < 4.78 is 7.91. The van der Waals surface area contributed by atoms with Gasteiger partial charge in [-0.1, -0.05) is 6.07 Å². The minimum absolute atomic E-state index is 0.552. The highest BCUT2D eigenvalue weighted by molar-refractivity contribution is 7.13. The van der Waals surface area contributed by atoms with Crippen molar-refractivity contribution in [2.24, 2.45) is 12.8 Å². The number of benzene rings is 1. The third-order valence-electron chi connectivity index (χ3n) is 4.45. The lowest BCUT2D eigenvalue weighted by Crippen LogP contribution is -2.07. The maximum Gasteiger partial charge on any atom is 0.188 e. The number of aromatic nitrogens is 4. The van der Waals surface area contributed by atoms with Crippen LogP contribution in [0, 0.1) is 6.92 Å². The highest BCUT2D eigenvalue weighted by atomic mass is 32.1. The summed E-state index contributed by atoms with van der Waals surface area (Å²) >= 11 is 1.53. The van der Waals surface area contributed by atoms with Crippen molar-refractivity contribution in [3.63, 3.8) is 0 Å². The zero-order valence-electron chi connectivity index (χ0n) is 15.8. The van der Waals surface area contributed by atoms with E-state index in [0.717, 1.165) is 50.8 Å².